The van der Waals surface area contributed by atoms with Crippen molar-refractivity contribution in [3.8, 4) is 0 Å². The zero-order valence-corrected chi connectivity index (χ0v) is 18.0. The van der Waals surface area contributed by atoms with Crippen LogP contribution in [0.5, 0.6) is 0 Å². The summed E-state index contributed by atoms with van der Waals surface area (Å²) in [4.78, 5) is 42.2. The van der Waals surface area contributed by atoms with E-state index in [4.69, 9.17) is 0 Å². The summed E-state index contributed by atoms with van der Waals surface area (Å²) in [5.41, 5.74) is 2.62. The largest absolute Gasteiger partial charge is 0.325 e. The third-order valence-corrected chi connectivity index (χ3v) is 6.37. The predicted molar refractivity (Wildman–Crippen MR) is 121 cm³/mol. The number of rotatable bonds is 3. The first-order chi connectivity index (χ1) is 15.9. The van der Waals surface area contributed by atoms with Gasteiger partial charge in [-0.1, -0.05) is 48.5 Å². The molecule has 0 bridgehead atoms. The average molecular weight is 443 g/mol. The highest BCUT2D eigenvalue weighted by Gasteiger charge is 2.50. The van der Waals surface area contributed by atoms with Crippen molar-refractivity contribution in [2.24, 2.45) is 0 Å². The molecule has 3 aromatic carbocycles. The second-order valence-electron chi connectivity index (χ2n) is 8.44. The molecule has 4 amide bonds. The van der Waals surface area contributed by atoms with Gasteiger partial charge >= 0.3 is 6.03 Å². The van der Waals surface area contributed by atoms with Crippen LogP contribution in [0, 0.1) is 5.82 Å². The van der Waals surface area contributed by atoms with Crippen LogP contribution in [0.4, 0.5) is 20.6 Å². The molecule has 0 aliphatic carbocycles. The number of nitrogens with zero attached hydrogens (tertiary/aromatic N) is 2. The molecule has 2 aliphatic rings. The number of halogens is 1. The topological polar surface area (TPSA) is 69.7 Å². The first-order valence-electron chi connectivity index (χ1n) is 10.8. The van der Waals surface area contributed by atoms with E-state index in [9.17, 15) is 18.8 Å². The van der Waals surface area contributed by atoms with E-state index in [1.54, 1.807) is 11.8 Å². The van der Waals surface area contributed by atoms with E-state index in [1.165, 1.54) is 24.3 Å². The Morgan fingerprint density at radius 3 is 2.03 bits per heavy atom. The molecule has 0 saturated carbocycles. The molecule has 0 spiro atoms. The summed E-state index contributed by atoms with van der Waals surface area (Å²) in [6.45, 7) is 1.14. The average Bonchev–Trinajstić information content (AvgIpc) is 2.95. The predicted octanol–water partition coefficient (Wildman–Crippen LogP) is 4.06. The Hall–Kier alpha value is -4.00. The number of imide groups is 1. The molecule has 2 aliphatic heterocycles. The molecule has 7 heteroatoms. The number of hydrogen-bond donors (Lipinski definition) is 1. The third-order valence-electron chi connectivity index (χ3n) is 6.37. The standard InChI is InChI=1S/C26H22FN3O3/c1-26(19-12-14-20(27)15-13-19)24(32)29(25(33)28-26)16-23(31)30-21-8-4-2-6-17(21)10-11-18-7-3-5-9-22(18)30/h2-9,12-15H,10-11,16H2,1H3,(H,28,33). The van der Waals surface area contributed by atoms with Gasteiger partial charge in [-0.2, -0.15) is 0 Å². The Labute approximate surface area is 190 Å². The monoisotopic (exact) mass is 443 g/mol. The van der Waals surface area contributed by atoms with Crippen LogP contribution in [-0.2, 0) is 28.0 Å². The maximum Gasteiger partial charge on any atom is 0.325 e. The number of para-hydroxylation sites is 2. The fraction of sp³-hybridized carbons (Fsp3) is 0.192. The van der Waals surface area contributed by atoms with Crippen molar-refractivity contribution in [2.75, 3.05) is 11.4 Å². The van der Waals surface area contributed by atoms with Gasteiger partial charge in [0.1, 0.15) is 17.9 Å². The summed E-state index contributed by atoms with van der Waals surface area (Å²) in [6, 6.07) is 20.1. The third kappa shape index (κ3) is 3.46. The Kier molecular flexibility index (Phi) is 4.96. The van der Waals surface area contributed by atoms with E-state index in [1.807, 2.05) is 48.5 Å². The van der Waals surface area contributed by atoms with Gasteiger partial charge in [-0.3, -0.25) is 19.4 Å². The number of hydrogen-bond acceptors (Lipinski definition) is 3. The zero-order chi connectivity index (χ0) is 23.2. The fourth-order valence-corrected chi connectivity index (χ4v) is 4.57. The summed E-state index contributed by atoms with van der Waals surface area (Å²) in [5.74, 6) is -1.38. The van der Waals surface area contributed by atoms with Gasteiger partial charge in [0, 0.05) is 0 Å². The molecule has 0 radical (unpaired) electrons. The van der Waals surface area contributed by atoms with Gasteiger partial charge in [-0.05, 0) is 60.7 Å². The maximum absolute atomic E-state index is 13.6. The molecular weight excluding hydrogens is 421 g/mol. The SMILES string of the molecule is CC1(c2ccc(F)cc2)NC(=O)N(CC(=O)N2c3ccccc3CCc3ccccc32)C1=O. The van der Waals surface area contributed by atoms with Gasteiger partial charge in [-0.15, -0.1) is 0 Å². The van der Waals surface area contributed by atoms with Gasteiger partial charge in [0.15, 0.2) is 0 Å². The van der Waals surface area contributed by atoms with Crippen LogP contribution in [0.3, 0.4) is 0 Å². The number of fused-ring (bicyclic) bond motifs is 2. The summed E-state index contributed by atoms with van der Waals surface area (Å²) in [6.07, 6.45) is 1.56. The molecule has 6 nitrogen and oxygen atoms in total. The van der Waals surface area contributed by atoms with Crippen molar-refractivity contribution in [1.82, 2.24) is 10.2 Å². The smallest absolute Gasteiger partial charge is 0.319 e. The number of aryl methyl sites for hydroxylation is 2. The van der Waals surface area contributed by atoms with Crippen LogP contribution < -0.4 is 10.2 Å². The van der Waals surface area contributed by atoms with Crippen LogP contribution in [0.2, 0.25) is 0 Å². The molecule has 2 heterocycles. The summed E-state index contributed by atoms with van der Waals surface area (Å²) in [7, 11) is 0. The lowest BCUT2D eigenvalue weighted by molar-refractivity contribution is -0.134. The molecule has 1 saturated heterocycles. The molecule has 1 atom stereocenters. The van der Waals surface area contributed by atoms with E-state index < -0.39 is 29.8 Å². The minimum absolute atomic E-state index is 0.386. The van der Waals surface area contributed by atoms with Gasteiger partial charge in [0.2, 0.25) is 0 Å². The number of benzene rings is 3. The molecule has 1 N–H and O–H groups in total. The van der Waals surface area contributed by atoms with Crippen molar-refractivity contribution < 1.29 is 18.8 Å². The maximum atomic E-state index is 13.6. The lowest BCUT2D eigenvalue weighted by Crippen LogP contribution is -2.43. The number of urea groups is 1. The van der Waals surface area contributed by atoms with Gasteiger partial charge < -0.3 is 5.32 Å². The summed E-state index contributed by atoms with van der Waals surface area (Å²) in [5, 5.41) is 2.67. The van der Waals surface area contributed by atoms with E-state index in [0.717, 1.165) is 40.2 Å². The highest BCUT2D eigenvalue weighted by Crippen LogP contribution is 2.36. The molecule has 1 unspecified atom stereocenters. The Morgan fingerprint density at radius 1 is 0.909 bits per heavy atom. The molecule has 166 valence electrons. The van der Waals surface area contributed by atoms with Crippen LogP contribution in [0.15, 0.2) is 72.8 Å². The van der Waals surface area contributed by atoms with Crippen molar-refractivity contribution in [3.05, 3.63) is 95.3 Å². The number of nitrogens with one attached hydrogen (secondary N) is 1. The van der Waals surface area contributed by atoms with Crippen molar-refractivity contribution in [3.63, 3.8) is 0 Å². The second-order valence-corrected chi connectivity index (χ2v) is 8.44. The van der Waals surface area contributed by atoms with Crippen LogP contribution in [0.1, 0.15) is 23.6 Å². The molecule has 3 aromatic rings. The van der Waals surface area contributed by atoms with Crippen LogP contribution >= 0.6 is 0 Å². The first kappa shape index (κ1) is 20.9. The lowest BCUT2D eigenvalue weighted by Gasteiger charge is -2.27. The number of anilines is 2. The summed E-state index contributed by atoms with van der Waals surface area (Å²) >= 11 is 0. The van der Waals surface area contributed by atoms with Gasteiger partial charge in [0.25, 0.3) is 11.8 Å². The van der Waals surface area contributed by atoms with Crippen LogP contribution in [0.25, 0.3) is 0 Å². The van der Waals surface area contributed by atoms with Gasteiger partial charge in [0.05, 0.1) is 11.4 Å². The lowest BCUT2D eigenvalue weighted by atomic mass is 9.92. The Bertz CT molecular complexity index is 1230. The highest BCUT2D eigenvalue weighted by molar-refractivity contribution is 6.12. The Balaban J connectivity index is 1.48. The number of carbonyl (C=O) groups is 3. The second kappa shape index (κ2) is 7.85. The summed E-state index contributed by atoms with van der Waals surface area (Å²) < 4.78 is 13.4. The quantitative estimate of drug-likeness (QED) is 0.621. The fourth-order valence-electron chi connectivity index (χ4n) is 4.57. The molecule has 5 rings (SSSR count). The Morgan fingerprint density at radius 2 is 1.45 bits per heavy atom. The minimum Gasteiger partial charge on any atom is -0.319 e. The molecule has 0 aromatic heterocycles. The zero-order valence-electron chi connectivity index (χ0n) is 18.0. The molecule has 1 fully saturated rings. The van der Waals surface area contributed by atoms with E-state index >= 15 is 0 Å². The highest BCUT2D eigenvalue weighted by atomic mass is 19.1. The minimum atomic E-state index is -1.38. The number of carbonyl (C=O) groups excluding carboxylic acids is 3. The van der Waals surface area contributed by atoms with Crippen LogP contribution in [-0.4, -0.2) is 29.3 Å². The first-order valence-corrected chi connectivity index (χ1v) is 10.8. The van der Waals surface area contributed by atoms with Crippen molar-refractivity contribution >= 4 is 29.2 Å². The van der Waals surface area contributed by atoms with Gasteiger partial charge in [-0.25, -0.2) is 9.18 Å². The van der Waals surface area contributed by atoms with E-state index in [-0.39, 0.29) is 5.91 Å². The normalized spacial score (nSPS) is 19.6. The number of amides is 4. The van der Waals surface area contributed by atoms with Crippen molar-refractivity contribution in [2.45, 2.75) is 25.3 Å². The van der Waals surface area contributed by atoms with E-state index in [0.29, 0.717) is 5.56 Å². The van der Waals surface area contributed by atoms with E-state index in [2.05, 4.69) is 5.32 Å². The molecular formula is C26H22FN3O3. The van der Waals surface area contributed by atoms with Crippen molar-refractivity contribution in [1.29, 1.82) is 0 Å². The molecule has 33 heavy (non-hydrogen) atoms.